The lowest BCUT2D eigenvalue weighted by atomic mass is 10.00. The molecule has 2 unspecified atom stereocenters. The van der Waals surface area contributed by atoms with Crippen LogP contribution in [0.1, 0.15) is 37.0 Å². The summed E-state index contributed by atoms with van der Waals surface area (Å²) in [4.78, 5) is 23.3. The number of hydrogen-bond acceptors (Lipinski definition) is 6. The van der Waals surface area contributed by atoms with Crippen LogP contribution in [0.15, 0.2) is 12.1 Å². The van der Waals surface area contributed by atoms with Crippen LogP contribution in [-0.4, -0.2) is 43.2 Å². The number of carbonyl (C=O) groups excluding carboxylic acids is 1. The minimum absolute atomic E-state index is 0.00841. The van der Waals surface area contributed by atoms with Crippen molar-refractivity contribution in [2.75, 3.05) is 20.3 Å². The third-order valence-electron chi connectivity index (χ3n) is 3.98. The van der Waals surface area contributed by atoms with E-state index in [9.17, 15) is 14.9 Å². The second kappa shape index (κ2) is 7.96. The molecule has 1 fully saturated rings. The van der Waals surface area contributed by atoms with Gasteiger partial charge in [-0.3, -0.25) is 14.9 Å². The van der Waals surface area contributed by atoms with Crippen LogP contribution in [0.3, 0.4) is 0 Å². The largest absolute Gasteiger partial charge is 0.493 e. The van der Waals surface area contributed by atoms with E-state index in [1.807, 2.05) is 6.92 Å². The maximum Gasteiger partial charge on any atom is 0.286 e. The van der Waals surface area contributed by atoms with Crippen LogP contribution in [0, 0.1) is 10.1 Å². The molecule has 1 aromatic carbocycles. The van der Waals surface area contributed by atoms with E-state index >= 15 is 0 Å². The number of rotatable bonds is 6. The number of nitro benzene ring substituents is 1. The molecule has 0 radical (unpaired) electrons. The quantitative estimate of drug-likeness (QED) is 0.607. The fourth-order valence-corrected chi connectivity index (χ4v) is 2.84. The summed E-state index contributed by atoms with van der Waals surface area (Å²) in [6.07, 6.45) is 1.58. The van der Waals surface area contributed by atoms with Gasteiger partial charge in [0.25, 0.3) is 11.6 Å². The van der Waals surface area contributed by atoms with Crippen LogP contribution in [0.4, 0.5) is 5.69 Å². The topological polar surface area (TPSA) is 103 Å². The average Bonchev–Trinajstić information content (AvgIpc) is 2.54. The molecule has 1 saturated heterocycles. The van der Waals surface area contributed by atoms with Gasteiger partial charge in [-0.05, 0) is 33.2 Å². The van der Waals surface area contributed by atoms with E-state index in [0.717, 1.165) is 19.4 Å². The molecule has 2 N–H and O–H groups in total. The van der Waals surface area contributed by atoms with Crippen molar-refractivity contribution in [3.63, 3.8) is 0 Å². The molecule has 1 aromatic rings. The maximum atomic E-state index is 12.5. The number of nitro groups is 1. The van der Waals surface area contributed by atoms with Crippen molar-refractivity contribution in [2.45, 2.75) is 38.8 Å². The summed E-state index contributed by atoms with van der Waals surface area (Å²) >= 11 is 0. The number of ether oxygens (including phenoxy) is 2. The van der Waals surface area contributed by atoms with Gasteiger partial charge in [0, 0.05) is 18.2 Å². The lowest BCUT2D eigenvalue weighted by Gasteiger charge is -2.28. The minimum Gasteiger partial charge on any atom is -0.493 e. The van der Waals surface area contributed by atoms with E-state index in [4.69, 9.17) is 9.47 Å². The molecule has 1 aliphatic heterocycles. The van der Waals surface area contributed by atoms with Gasteiger partial charge in [0.15, 0.2) is 11.5 Å². The number of hydrogen-bond donors (Lipinski definition) is 2. The van der Waals surface area contributed by atoms with Crippen molar-refractivity contribution in [3.8, 4) is 11.5 Å². The molecule has 24 heavy (non-hydrogen) atoms. The molecule has 0 bridgehead atoms. The van der Waals surface area contributed by atoms with Gasteiger partial charge in [0.05, 0.1) is 24.7 Å². The molecule has 1 heterocycles. The van der Waals surface area contributed by atoms with Gasteiger partial charge >= 0.3 is 0 Å². The third-order valence-corrected chi connectivity index (χ3v) is 3.98. The van der Waals surface area contributed by atoms with Gasteiger partial charge < -0.3 is 20.1 Å². The average molecular weight is 337 g/mol. The Morgan fingerprint density at radius 2 is 2.21 bits per heavy atom. The molecule has 0 saturated carbocycles. The SMILES string of the molecule is CCOc1cc([N+](=O)[O-])c(C(=O)NC2CCNC(C)C2)cc1OC. The van der Waals surface area contributed by atoms with Crippen LogP contribution in [0.25, 0.3) is 0 Å². The molecule has 0 aromatic heterocycles. The Bertz CT molecular complexity index is 620. The van der Waals surface area contributed by atoms with E-state index < -0.39 is 10.8 Å². The molecule has 1 amide bonds. The zero-order chi connectivity index (χ0) is 17.7. The predicted molar refractivity (Wildman–Crippen MR) is 88.8 cm³/mol. The first-order valence-corrected chi connectivity index (χ1v) is 7.99. The zero-order valence-electron chi connectivity index (χ0n) is 14.1. The first-order chi connectivity index (χ1) is 11.5. The molecule has 132 valence electrons. The Balaban J connectivity index is 2.29. The number of piperidine rings is 1. The van der Waals surface area contributed by atoms with Gasteiger partial charge in [-0.25, -0.2) is 0 Å². The second-order valence-electron chi connectivity index (χ2n) is 5.76. The molecule has 0 aliphatic carbocycles. The van der Waals surface area contributed by atoms with Crippen LogP contribution >= 0.6 is 0 Å². The molecule has 0 spiro atoms. The highest BCUT2D eigenvalue weighted by Crippen LogP contribution is 2.34. The number of methoxy groups -OCH3 is 1. The van der Waals surface area contributed by atoms with Gasteiger partial charge in [-0.2, -0.15) is 0 Å². The smallest absolute Gasteiger partial charge is 0.286 e. The molecule has 2 rings (SSSR count). The number of nitrogens with zero attached hydrogens (tertiary/aromatic N) is 1. The first kappa shape index (κ1) is 18.0. The van der Waals surface area contributed by atoms with E-state index in [-0.39, 0.29) is 23.0 Å². The van der Waals surface area contributed by atoms with Crippen molar-refractivity contribution in [1.82, 2.24) is 10.6 Å². The number of carbonyl (C=O) groups is 1. The maximum absolute atomic E-state index is 12.5. The van der Waals surface area contributed by atoms with Crippen LogP contribution in [0.5, 0.6) is 11.5 Å². The van der Waals surface area contributed by atoms with E-state index in [0.29, 0.717) is 18.4 Å². The molecule has 8 heteroatoms. The lowest BCUT2D eigenvalue weighted by molar-refractivity contribution is -0.385. The number of benzene rings is 1. The van der Waals surface area contributed by atoms with Gasteiger partial charge in [0.2, 0.25) is 0 Å². The summed E-state index contributed by atoms with van der Waals surface area (Å²) in [5.74, 6) is 0.0761. The Labute approximate surface area is 140 Å². The Hall–Kier alpha value is -2.35. The van der Waals surface area contributed by atoms with Gasteiger partial charge in [0.1, 0.15) is 5.56 Å². The Morgan fingerprint density at radius 3 is 2.79 bits per heavy atom. The highest BCUT2D eigenvalue weighted by molar-refractivity contribution is 5.99. The monoisotopic (exact) mass is 337 g/mol. The van der Waals surface area contributed by atoms with E-state index in [1.165, 1.54) is 19.2 Å². The summed E-state index contributed by atoms with van der Waals surface area (Å²) < 4.78 is 10.5. The van der Waals surface area contributed by atoms with Crippen LogP contribution in [-0.2, 0) is 0 Å². The summed E-state index contributed by atoms with van der Waals surface area (Å²) in [6, 6.07) is 2.89. The second-order valence-corrected chi connectivity index (χ2v) is 5.76. The van der Waals surface area contributed by atoms with Gasteiger partial charge in [-0.1, -0.05) is 0 Å². The summed E-state index contributed by atoms with van der Waals surface area (Å²) in [5.41, 5.74) is -0.315. The highest BCUT2D eigenvalue weighted by atomic mass is 16.6. The van der Waals surface area contributed by atoms with Gasteiger partial charge in [-0.15, -0.1) is 0 Å². The lowest BCUT2D eigenvalue weighted by Crippen LogP contribution is -2.46. The number of nitrogens with one attached hydrogen (secondary N) is 2. The van der Waals surface area contributed by atoms with Crippen molar-refractivity contribution >= 4 is 11.6 Å². The van der Waals surface area contributed by atoms with E-state index in [1.54, 1.807) is 6.92 Å². The molecular weight excluding hydrogens is 314 g/mol. The van der Waals surface area contributed by atoms with E-state index in [2.05, 4.69) is 10.6 Å². The van der Waals surface area contributed by atoms with Crippen molar-refractivity contribution in [3.05, 3.63) is 27.8 Å². The molecule has 1 aliphatic rings. The fourth-order valence-electron chi connectivity index (χ4n) is 2.84. The Morgan fingerprint density at radius 1 is 1.46 bits per heavy atom. The summed E-state index contributed by atoms with van der Waals surface area (Å²) in [5, 5.41) is 17.5. The third kappa shape index (κ3) is 4.14. The number of amides is 1. The molecule has 2 atom stereocenters. The minimum atomic E-state index is -0.581. The standard InChI is InChI=1S/C16H23N3O5/c1-4-24-15-9-13(19(21)22)12(8-14(15)23-3)16(20)18-11-5-6-17-10(2)7-11/h8-11,17H,4-7H2,1-3H3,(H,18,20). The Kier molecular flexibility index (Phi) is 5.97. The fraction of sp³-hybridized carbons (Fsp3) is 0.562. The van der Waals surface area contributed by atoms with Crippen LogP contribution < -0.4 is 20.1 Å². The van der Waals surface area contributed by atoms with Crippen molar-refractivity contribution < 1.29 is 19.2 Å². The normalized spacial score (nSPS) is 20.3. The first-order valence-electron chi connectivity index (χ1n) is 7.99. The predicted octanol–water partition coefficient (Wildman–Crippen LogP) is 1.87. The molecular formula is C16H23N3O5. The molecule has 8 nitrogen and oxygen atoms in total. The highest BCUT2D eigenvalue weighted by Gasteiger charge is 2.27. The van der Waals surface area contributed by atoms with Crippen molar-refractivity contribution in [2.24, 2.45) is 0 Å². The van der Waals surface area contributed by atoms with Crippen molar-refractivity contribution in [1.29, 1.82) is 0 Å². The zero-order valence-corrected chi connectivity index (χ0v) is 14.1. The summed E-state index contributed by atoms with van der Waals surface area (Å²) in [6.45, 7) is 4.96. The van der Waals surface area contributed by atoms with Crippen LogP contribution in [0.2, 0.25) is 0 Å². The summed E-state index contributed by atoms with van der Waals surface area (Å²) in [7, 11) is 1.43.